The number of aryl methyl sites for hydroxylation is 1. The highest BCUT2D eigenvalue weighted by molar-refractivity contribution is 5.32. The molecule has 1 fully saturated rings. The number of rotatable bonds is 2. The number of nitrogens with two attached hydrogens (primary N) is 1. The van der Waals surface area contributed by atoms with Crippen LogP contribution in [0, 0.1) is 12.7 Å². The van der Waals surface area contributed by atoms with Gasteiger partial charge in [-0.15, -0.1) is 0 Å². The van der Waals surface area contributed by atoms with Crippen molar-refractivity contribution in [2.45, 2.75) is 44.8 Å². The molecule has 2 atom stereocenters. The topological polar surface area (TPSA) is 35.2 Å². The van der Waals surface area contributed by atoms with Crippen molar-refractivity contribution in [2.75, 3.05) is 0 Å². The monoisotopic (exact) mass is 223 g/mol. The quantitative estimate of drug-likeness (QED) is 0.836. The van der Waals surface area contributed by atoms with Gasteiger partial charge in [-0.2, -0.15) is 0 Å². The predicted octanol–water partition coefficient (Wildman–Crippen LogP) is 2.78. The largest absolute Gasteiger partial charge is 0.490 e. The van der Waals surface area contributed by atoms with Crippen LogP contribution in [0.1, 0.15) is 31.2 Å². The zero-order valence-corrected chi connectivity index (χ0v) is 9.58. The molecule has 0 amide bonds. The van der Waals surface area contributed by atoms with Crippen molar-refractivity contribution in [3.8, 4) is 5.75 Å². The van der Waals surface area contributed by atoms with Gasteiger partial charge in [0.05, 0.1) is 0 Å². The lowest BCUT2D eigenvalue weighted by Gasteiger charge is -2.27. The van der Waals surface area contributed by atoms with Crippen LogP contribution in [0.2, 0.25) is 0 Å². The van der Waals surface area contributed by atoms with Crippen LogP contribution >= 0.6 is 0 Å². The molecule has 0 aromatic heterocycles. The summed E-state index contributed by atoms with van der Waals surface area (Å²) in [5, 5.41) is 0. The van der Waals surface area contributed by atoms with Crippen molar-refractivity contribution in [1.29, 1.82) is 0 Å². The van der Waals surface area contributed by atoms with Gasteiger partial charge in [-0.1, -0.05) is 0 Å². The third-order valence-electron chi connectivity index (χ3n) is 3.10. The molecule has 1 aliphatic carbocycles. The molecule has 0 saturated heterocycles. The molecule has 0 aliphatic heterocycles. The molecule has 1 aromatic carbocycles. The Kier molecular flexibility index (Phi) is 3.44. The van der Waals surface area contributed by atoms with Crippen LogP contribution in [0.5, 0.6) is 5.75 Å². The van der Waals surface area contributed by atoms with Crippen molar-refractivity contribution in [2.24, 2.45) is 5.73 Å². The molecule has 0 bridgehead atoms. The van der Waals surface area contributed by atoms with Crippen LogP contribution in [0.15, 0.2) is 18.2 Å². The summed E-state index contributed by atoms with van der Waals surface area (Å²) in [6, 6.07) is 4.88. The predicted molar refractivity (Wildman–Crippen MR) is 62.0 cm³/mol. The molecule has 3 heteroatoms. The van der Waals surface area contributed by atoms with Crippen LogP contribution < -0.4 is 10.5 Å². The summed E-state index contributed by atoms with van der Waals surface area (Å²) in [6.07, 6.45) is 4.34. The van der Waals surface area contributed by atoms with E-state index < -0.39 is 0 Å². The lowest BCUT2D eigenvalue weighted by atomic mass is 9.93. The van der Waals surface area contributed by atoms with E-state index in [-0.39, 0.29) is 18.0 Å². The highest BCUT2D eigenvalue weighted by atomic mass is 19.1. The first-order chi connectivity index (χ1) is 7.65. The molecule has 0 radical (unpaired) electrons. The van der Waals surface area contributed by atoms with E-state index in [1.54, 1.807) is 6.07 Å². The molecule has 2 N–H and O–H groups in total. The van der Waals surface area contributed by atoms with E-state index in [4.69, 9.17) is 10.5 Å². The lowest BCUT2D eigenvalue weighted by Crippen LogP contribution is -2.33. The minimum atomic E-state index is -0.217. The summed E-state index contributed by atoms with van der Waals surface area (Å²) >= 11 is 0. The van der Waals surface area contributed by atoms with Crippen LogP contribution in [-0.4, -0.2) is 12.1 Å². The zero-order valence-electron chi connectivity index (χ0n) is 9.58. The molecule has 2 unspecified atom stereocenters. The first kappa shape index (κ1) is 11.4. The average Bonchev–Trinajstić information content (AvgIpc) is 2.22. The number of benzene rings is 1. The lowest BCUT2D eigenvalue weighted by molar-refractivity contribution is 0.143. The first-order valence-corrected chi connectivity index (χ1v) is 5.83. The molecule has 2 rings (SSSR count). The van der Waals surface area contributed by atoms with Gasteiger partial charge in [0.1, 0.15) is 17.7 Å². The van der Waals surface area contributed by atoms with Gasteiger partial charge in [-0.05, 0) is 56.4 Å². The van der Waals surface area contributed by atoms with Crippen LogP contribution in [0.3, 0.4) is 0 Å². The van der Waals surface area contributed by atoms with Crippen LogP contribution in [-0.2, 0) is 0 Å². The van der Waals surface area contributed by atoms with Crippen molar-refractivity contribution < 1.29 is 9.13 Å². The fourth-order valence-electron chi connectivity index (χ4n) is 2.21. The van der Waals surface area contributed by atoms with E-state index in [0.717, 1.165) is 37.0 Å². The molecule has 1 aliphatic rings. The summed E-state index contributed by atoms with van der Waals surface area (Å²) in [5.74, 6) is 0.561. The number of hydrogen-bond donors (Lipinski definition) is 1. The molecule has 88 valence electrons. The Morgan fingerprint density at radius 2 is 2.19 bits per heavy atom. The second-order valence-corrected chi connectivity index (χ2v) is 4.58. The van der Waals surface area contributed by atoms with Gasteiger partial charge in [0, 0.05) is 6.04 Å². The fraction of sp³-hybridized carbons (Fsp3) is 0.538. The average molecular weight is 223 g/mol. The van der Waals surface area contributed by atoms with Gasteiger partial charge >= 0.3 is 0 Å². The second-order valence-electron chi connectivity index (χ2n) is 4.58. The summed E-state index contributed by atoms with van der Waals surface area (Å²) in [4.78, 5) is 0. The Morgan fingerprint density at radius 1 is 1.38 bits per heavy atom. The minimum Gasteiger partial charge on any atom is -0.490 e. The molecule has 16 heavy (non-hydrogen) atoms. The maximum Gasteiger partial charge on any atom is 0.123 e. The Labute approximate surface area is 95.6 Å². The molecule has 2 nitrogen and oxygen atoms in total. The highest BCUT2D eigenvalue weighted by Gasteiger charge is 2.21. The smallest absolute Gasteiger partial charge is 0.123 e. The van der Waals surface area contributed by atoms with E-state index in [0.29, 0.717) is 0 Å². The third kappa shape index (κ3) is 2.73. The normalized spacial score (nSPS) is 25.4. The maximum absolute atomic E-state index is 12.9. The van der Waals surface area contributed by atoms with E-state index in [9.17, 15) is 4.39 Å². The van der Waals surface area contributed by atoms with E-state index >= 15 is 0 Å². The van der Waals surface area contributed by atoms with Gasteiger partial charge in [0.2, 0.25) is 0 Å². The SMILES string of the molecule is Cc1cc(F)ccc1OC1CCCC(N)C1. The van der Waals surface area contributed by atoms with Crippen LogP contribution in [0.4, 0.5) is 4.39 Å². The molecular weight excluding hydrogens is 205 g/mol. The van der Waals surface area contributed by atoms with E-state index in [1.807, 2.05) is 6.92 Å². The molecule has 1 aromatic rings. The Morgan fingerprint density at radius 3 is 2.88 bits per heavy atom. The fourth-order valence-corrected chi connectivity index (χ4v) is 2.21. The highest BCUT2D eigenvalue weighted by Crippen LogP contribution is 2.25. The molecule has 0 spiro atoms. The van der Waals surface area contributed by atoms with Gasteiger partial charge in [0.25, 0.3) is 0 Å². The summed E-state index contributed by atoms with van der Waals surface area (Å²) in [6.45, 7) is 1.86. The standard InChI is InChI=1S/C13H18FNO/c1-9-7-10(14)5-6-13(9)16-12-4-2-3-11(15)8-12/h5-7,11-12H,2-4,8,15H2,1H3. The third-order valence-corrected chi connectivity index (χ3v) is 3.10. The summed E-state index contributed by atoms with van der Waals surface area (Å²) in [5.41, 5.74) is 6.75. The maximum atomic E-state index is 12.9. The van der Waals surface area contributed by atoms with Crippen molar-refractivity contribution in [1.82, 2.24) is 0 Å². The van der Waals surface area contributed by atoms with Crippen molar-refractivity contribution in [3.05, 3.63) is 29.6 Å². The zero-order chi connectivity index (χ0) is 11.5. The second kappa shape index (κ2) is 4.83. The van der Waals surface area contributed by atoms with E-state index in [2.05, 4.69) is 0 Å². The Balaban J connectivity index is 2.02. The van der Waals surface area contributed by atoms with Gasteiger partial charge in [-0.3, -0.25) is 0 Å². The summed E-state index contributed by atoms with van der Waals surface area (Å²) in [7, 11) is 0. The van der Waals surface area contributed by atoms with Crippen molar-refractivity contribution in [3.63, 3.8) is 0 Å². The number of halogens is 1. The molecule has 1 saturated carbocycles. The minimum absolute atomic E-state index is 0.188. The van der Waals surface area contributed by atoms with Crippen LogP contribution in [0.25, 0.3) is 0 Å². The molecule has 0 heterocycles. The van der Waals surface area contributed by atoms with Gasteiger partial charge in [0.15, 0.2) is 0 Å². The number of ether oxygens (including phenoxy) is 1. The first-order valence-electron chi connectivity index (χ1n) is 5.83. The van der Waals surface area contributed by atoms with E-state index in [1.165, 1.54) is 12.1 Å². The van der Waals surface area contributed by atoms with Crippen molar-refractivity contribution >= 4 is 0 Å². The van der Waals surface area contributed by atoms with Gasteiger partial charge < -0.3 is 10.5 Å². The van der Waals surface area contributed by atoms with Gasteiger partial charge in [-0.25, -0.2) is 4.39 Å². The summed E-state index contributed by atoms with van der Waals surface area (Å²) < 4.78 is 18.8. The Hall–Kier alpha value is -1.09. The number of hydrogen-bond acceptors (Lipinski definition) is 2. The molecular formula is C13H18FNO. The Bertz CT molecular complexity index is 367.